The van der Waals surface area contributed by atoms with E-state index in [0.29, 0.717) is 27.4 Å². The number of benzene rings is 3. The number of Topliss-reactive ketones (excluding diaryl/α,β-unsaturated/α-hetero) is 1. The first kappa shape index (κ1) is 20.0. The number of carbonyl (C=O) groups is 2. The fraction of sp³-hybridized carbons (Fsp3) is 0.125. The van der Waals surface area contributed by atoms with Crippen LogP contribution in [-0.4, -0.2) is 22.4 Å². The third-order valence-electron chi connectivity index (χ3n) is 4.97. The minimum Gasteiger partial charge on any atom is -0.453 e. The van der Waals surface area contributed by atoms with E-state index in [2.05, 4.69) is 15.9 Å². The Labute approximate surface area is 181 Å². The Morgan fingerprint density at radius 3 is 2.00 bits per heavy atom. The first-order valence-corrected chi connectivity index (χ1v) is 10.2. The van der Waals surface area contributed by atoms with E-state index in [-0.39, 0.29) is 17.8 Å². The van der Waals surface area contributed by atoms with E-state index in [1.54, 1.807) is 72.2 Å². The van der Waals surface area contributed by atoms with Crippen LogP contribution in [0.15, 0.2) is 82.1 Å². The molecule has 3 aromatic carbocycles. The maximum atomic E-state index is 12.8. The molecule has 1 heterocycles. The van der Waals surface area contributed by atoms with Gasteiger partial charge in [-0.05, 0) is 43.3 Å². The van der Waals surface area contributed by atoms with Crippen molar-refractivity contribution >= 4 is 49.5 Å². The van der Waals surface area contributed by atoms with Gasteiger partial charge in [0.25, 0.3) is 0 Å². The predicted molar refractivity (Wildman–Crippen MR) is 120 cm³/mol. The van der Waals surface area contributed by atoms with Gasteiger partial charge in [-0.25, -0.2) is 0 Å². The summed E-state index contributed by atoms with van der Waals surface area (Å²) in [6.07, 6.45) is -0.921. The average Bonchev–Trinajstić information content (AvgIpc) is 2.76. The topological polar surface area (TPSA) is 65.4 Å². The minimum absolute atomic E-state index is 0.0791. The van der Waals surface area contributed by atoms with Crippen LogP contribution in [0, 0.1) is 0 Å². The van der Waals surface area contributed by atoms with Crippen LogP contribution in [0.25, 0.3) is 21.8 Å². The van der Waals surface area contributed by atoms with E-state index in [1.807, 2.05) is 12.1 Å². The van der Waals surface area contributed by atoms with E-state index >= 15 is 0 Å². The molecule has 0 radical (unpaired) electrons. The number of para-hydroxylation sites is 2. The number of ketones is 1. The van der Waals surface area contributed by atoms with Gasteiger partial charge in [-0.1, -0.05) is 52.3 Å². The largest absolute Gasteiger partial charge is 0.453 e. The van der Waals surface area contributed by atoms with Crippen LogP contribution in [-0.2, 0) is 16.1 Å². The first-order chi connectivity index (χ1) is 14.5. The van der Waals surface area contributed by atoms with Crippen molar-refractivity contribution in [3.05, 3.63) is 93.1 Å². The molecule has 0 bridgehead atoms. The summed E-state index contributed by atoms with van der Waals surface area (Å²) < 4.78 is 8.05. The van der Waals surface area contributed by atoms with Gasteiger partial charge in [-0.2, -0.15) is 0 Å². The number of esters is 1. The second-order valence-corrected chi connectivity index (χ2v) is 7.87. The van der Waals surface area contributed by atoms with Crippen molar-refractivity contribution in [3.63, 3.8) is 0 Å². The molecule has 0 fully saturated rings. The lowest BCUT2D eigenvalue weighted by Crippen LogP contribution is -2.27. The summed E-state index contributed by atoms with van der Waals surface area (Å²) in [7, 11) is 0. The summed E-state index contributed by atoms with van der Waals surface area (Å²) >= 11 is 3.33. The van der Waals surface area contributed by atoms with Crippen LogP contribution in [0.1, 0.15) is 17.3 Å². The molecule has 6 heteroatoms. The number of hydrogen-bond donors (Lipinski definition) is 0. The van der Waals surface area contributed by atoms with E-state index in [4.69, 9.17) is 4.74 Å². The Morgan fingerprint density at radius 1 is 0.900 bits per heavy atom. The molecular formula is C24H18BrNO4. The lowest BCUT2D eigenvalue weighted by molar-refractivity contribution is -0.146. The highest BCUT2D eigenvalue weighted by Gasteiger charge is 2.21. The van der Waals surface area contributed by atoms with Gasteiger partial charge < -0.3 is 9.30 Å². The molecule has 0 amide bonds. The van der Waals surface area contributed by atoms with Crippen molar-refractivity contribution in [1.29, 1.82) is 0 Å². The number of pyridine rings is 1. The van der Waals surface area contributed by atoms with E-state index in [0.717, 1.165) is 4.47 Å². The maximum absolute atomic E-state index is 12.8. The smallest absolute Gasteiger partial charge is 0.326 e. The van der Waals surface area contributed by atoms with Crippen LogP contribution in [0.2, 0.25) is 0 Å². The third-order valence-corrected chi connectivity index (χ3v) is 5.50. The maximum Gasteiger partial charge on any atom is 0.326 e. The van der Waals surface area contributed by atoms with E-state index in [1.165, 1.54) is 0 Å². The van der Waals surface area contributed by atoms with Gasteiger partial charge in [0.05, 0.1) is 11.0 Å². The van der Waals surface area contributed by atoms with Gasteiger partial charge in [0, 0.05) is 20.8 Å². The quantitative estimate of drug-likeness (QED) is 0.243. The number of hydrogen-bond acceptors (Lipinski definition) is 4. The lowest BCUT2D eigenvalue weighted by atomic mass is 10.1. The number of rotatable bonds is 5. The van der Waals surface area contributed by atoms with Gasteiger partial charge in [0.2, 0.25) is 5.78 Å². The number of ether oxygens (including phenoxy) is 1. The molecular weight excluding hydrogens is 446 g/mol. The van der Waals surface area contributed by atoms with Gasteiger partial charge in [0.15, 0.2) is 11.5 Å². The van der Waals surface area contributed by atoms with Crippen LogP contribution < -0.4 is 5.43 Å². The molecule has 4 rings (SSSR count). The molecule has 1 aromatic heterocycles. The van der Waals surface area contributed by atoms with E-state index < -0.39 is 12.1 Å². The molecule has 5 nitrogen and oxygen atoms in total. The van der Waals surface area contributed by atoms with Gasteiger partial charge >= 0.3 is 5.97 Å². The minimum atomic E-state index is -0.921. The van der Waals surface area contributed by atoms with Gasteiger partial charge in [0.1, 0.15) is 6.54 Å². The molecule has 4 aromatic rings. The highest BCUT2D eigenvalue weighted by Crippen LogP contribution is 2.20. The molecule has 1 unspecified atom stereocenters. The van der Waals surface area contributed by atoms with Crippen molar-refractivity contribution in [3.8, 4) is 0 Å². The highest BCUT2D eigenvalue weighted by molar-refractivity contribution is 9.10. The number of halogens is 1. The van der Waals surface area contributed by atoms with Crippen molar-refractivity contribution in [2.24, 2.45) is 0 Å². The zero-order chi connectivity index (χ0) is 21.3. The second-order valence-electron chi connectivity index (χ2n) is 6.95. The third kappa shape index (κ3) is 3.78. The van der Waals surface area contributed by atoms with Crippen LogP contribution in [0.5, 0.6) is 0 Å². The lowest BCUT2D eigenvalue weighted by Gasteiger charge is -2.17. The molecule has 0 spiro atoms. The number of aromatic nitrogens is 1. The molecule has 1 atom stereocenters. The summed E-state index contributed by atoms with van der Waals surface area (Å²) in [5.74, 6) is -0.822. The summed E-state index contributed by atoms with van der Waals surface area (Å²) in [4.78, 5) is 38.1. The zero-order valence-electron chi connectivity index (χ0n) is 16.2. The van der Waals surface area contributed by atoms with Crippen LogP contribution >= 0.6 is 15.9 Å². The number of nitrogens with zero attached hydrogens (tertiary/aromatic N) is 1. The zero-order valence-corrected chi connectivity index (χ0v) is 17.8. The number of carbonyl (C=O) groups excluding carboxylic acids is 2. The normalized spacial score (nSPS) is 12.1. The average molecular weight is 464 g/mol. The van der Waals surface area contributed by atoms with Crippen molar-refractivity contribution in [2.45, 2.75) is 19.6 Å². The monoisotopic (exact) mass is 463 g/mol. The Kier molecular flexibility index (Phi) is 5.50. The van der Waals surface area contributed by atoms with Gasteiger partial charge in [-0.3, -0.25) is 14.4 Å². The molecule has 0 saturated carbocycles. The standard InChI is InChI=1S/C24H18BrNO4/c1-15(23(28)16-10-12-17(25)13-11-16)30-22(27)14-26-20-8-4-2-6-18(20)24(29)19-7-3-5-9-21(19)26/h2-13,15H,14H2,1H3. The Balaban J connectivity index is 1.64. The SMILES string of the molecule is CC(OC(=O)Cn1c2ccccc2c(=O)c2ccccc21)C(=O)c1ccc(Br)cc1. The summed E-state index contributed by atoms with van der Waals surface area (Å²) in [5.41, 5.74) is 1.68. The van der Waals surface area contributed by atoms with Crippen molar-refractivity contribution < 1.29 is 14.3 Å². The number of fused-ring (bicyclic) bond motifs is 2. The molecule has 30 heavy (non-hydrogen) atoms. The highest BCUT2D eigenvalue weighted by atomic mass is 79.9. The fourth-order valence-corrected chi connectivity index (χ4v) is 3.78. The molecule has 0 aliphatic carbocycles. The van der Waals surface area contributed by atoms with Crippen molar-refractivity contribution in [1.82, 2.24) is 4.57 Å². The Morgan fingerprint density at radius 2 is 1.43 bits per heavy atom. The Hall–Kier alpha value is -3.25. The first-order valence-electron chi connectivity index (χ1n) is 9.45. The summed E-state index contributed by atoms with van der Waals surface area (Å²) in [5, 5.41) is 1.06. The Bertz CT molecular complexity index is 1260. The second kappa shape index (κ2) is 8.24. The predicted octanol–water partition coefficient (Wildman–Crippen LogP) is 4.73. The fourth-order valence-electron chi connectivity index (χ4n) is 3.51. The van der Waals surface area contributed by atoms with Crippen LogP contribution in [0.4, 0.5) is 0 Å². The van der Waals surface area contributed by atoms with Gasteiger partial charge in [-0.15, -0.1) is 0 Å². The molecule has 150 valence electrons. The molecule has 0 saturated heterocycles. The summed E-state index contributed by atoms with van der Waals surface area (Å²) in [6.45, 7) is 1.45. The van der Waals surface area contributed by atoms with Crippen LogP contribution in [0.3, 0.4) is 0 Å². The molecule has 0 aliphatic rings. The van der Waals surface area contributed by atoms with E-state index in [9.17, 15) is 14.4 Å². The van der Waals surface area contributed by atoms with Crippen molar-refractivity contribution in [2.75, 3.05) is 0 Å². The summed E-state index contributed by atoms with van der Waals surface area (Å²) in [6, 6.07) is 21.2. The molecule has 0 N–H and O–H groups in total. The molecule has 0 aliphatic heterocycles.